The quantitative estimate of drug-likeness (QED) is 0.333. The lowest BCUT2D eigenvalue weighted by Gasteiger charge is -2.21. The predicted octanol–water partition coefficient (Wildman–Crippen LogP) is 5.38. The summed E-state index contributed by atoms with van der Waals surface area (Å²) in [6, 6.07) is 15.3. The van der Waals surface area contributed by atoms with Gasteiger partial charge in [-0.05, 0) is 62.2 Å². The molecule has 2 heterocycles. The average Bonchev–Trinajstić information content (AvgIpc) is 3.24. The second-order valence-corrected chi connectivity index (χ2v) is 10.5. The summed E-state index contributed by atoms with van der Waals surface area (Å²) in [6.07, 6.45) is 1.44. The molecular formula is C28H30N2O5S. The number of carboxylic acids is 1. The molecule has 0 unspecified atom stereocenters. The van der Waals surface area contributed by atoms with Crippen LogP contribution in [0.4, 0.5) is 0 Å². The number of fused-ring (bicyclic) bond motifs is 1. The number of hydrogen-bond donors (Lipinski definition) is 2. The van der Waals surface area contributed by atoms with Crippen LogP contribution in [0.5, 0.6) is 11.5 Å². The number of rotatable bonds is 8. The number of methoxy groups -OCH3 is 2. The topological polar surface area (TPSA) is 89.8 Å². The fourth-order valence-corrected chi connectivity index (χ4v) is 5.38. The summed E-state index contributed by atoms with van der Waals surface area (Å²) in [7, 11) is 3.22. The molecule has 0 radical (unpaired) electrons. The lowest BCUT2D eigenvalue weighted by molar-refractivity contribution is 0.0695. The number of carbonyl (C=O) groups is 1. The van der Waals surface area contributed by atoms with E-state index in [-0.39, 0.29) is 11.1 Å². The monoisotopic (exact) mass is 506 g/mol. The highest BCUT2D eigenvalue weighted by atomic mass is 32.1. The Balaban J connectivity index is 2.00. The minimum absolute atomic E-state index is 0.202. The molecule has 0 aliphatic heterocycles. The summed E-state index contributed by atoms with van der Waals surface area (Å²) < 4.78 is 12.7. The molecule has 8 heteroatoms. The summed E-state index contributed by atoms with van der Waals surface area (Å²) in [5, 5.41) is 13.8. The molecule has 0 atom stereocenters. The number of aromatic carboxylic acids is 1. The Bertz CT molecular complexity index is 1460. The van der Waals surface area contributed by atoms with Crippen LogP contribution in [0.1, 0.15) is 42.3 Å². The molecule has 188 valence electrons. The normalized spacial score (nSPS) is 11.6. The standard InChI is InChI=1S/C28H30N2O5S/c1-28(2,3)29-14-20-23-24(31)21(27(32)33)16-30(15-18-8-6-7-9-22(18)35-5)26(23)36-25(20)17-10-12-19(34-4)13-11-17/h6-13,16,29H,14-15H2,1-5H3,(H,32,33). The van der Waals surface area contributed by atoms with Crippen LogP contribution in [0.2, 0.25) is 0 Å². The van der Waals surface area contributed by atoms with Crippen LogP contribution in [-0.4, -0.2) is 35.4 Å². The molecule has 0 aliphatic carbocycles. The third-order valence-electron chi connectivity index (χ3n) is 5.92. The lowest BCUT2D eigenvalue weighted by Crippen LogP contribution is -2.35. The number of benzene rings is 2. The molecular weight excluding hydrogens is 476 g/mol. The molecule has 2 N–H and O–H groups in total. The average molecular weight is 507 g/mol. The zero-order chi connectivity index (χ0) is 26.0. The van der Waals surface area contributed by atoms with Crippen molar-refractivity contribution in [2.75, 3.05) is 14.2 Å². The van der Waals surface area contributed by atoms with Crippen molar-refractivity contribution in [1.82, 2.24) is 9.88 Å². The van der Waals surface area contributed by atoms with E-state index < -0.39 is 11.4 Å². The molecule has 7 nitrogen and oxygen atoms in total. The van der Waals surface area contributed by atoms with Gasteiger partial charge in [0.05, 0.1) is 26.2 Å². The van der Waals surface area contributed by atoms with Crippen molar-refractivity contribution in [3.05, 3.63) is 81.6 Å². The first-order chi connectivity index (χ1) is 17.1. The van der Waals surface area contributed by atoms with Crippen molar-refractivity contribution in [2.45, 2.75) is 39.4 Å². The molecule has 0 amide bonds. The predicted molar refractivity (Wildman–Crippen MR) is 144 cm³/mol. The molecule has 2 aromatic carbocycles. The van der Waals surface area contributed by atoms with Crippen molar-refractivity contribution in [3.63, 3.8) is 0 Å². The van der Waals surface area contributed by atoms with E-state index in [2.05, 4.69) is 26.1 Å². The number of pyridine rings is 1. The van der Waals surface area contributed by atoms with Crippen molar-refractivity contribution >= 4 is 27.5 Å². The van der Waals surface area contributed by atoms with Gasteiger partial charge in [0.2, 0.25) is 5.43 Å². The summed E-state index contributed by atoms with van der Waals surface area (Å²) >= 11 is 1.48. The van der Waals surface area contributed by atoms with Crippen molar-refractivity contribution in [1.29, 1.82) is 0 Å². The van der Waals surface area contributed by atoms with E-state index in [1.165, 1.54) is 17.5 Å². The van der Waals surface area contributed by atoms with E-state index in [9.17, 15) is 14.7 Å². The van der Waals surface area contributed by atoms with Gasteiger partial charge in [-0.2, -0.15) is 0 Å². The van der Waals surface area contributed by atoms with Crippen LogP contribution >= 0.6 is 11.3 Å². The zero-order valence-corrected chi connectivity index (χ0v) is 21.9. The maximum Gasteiger partial charge on any atom is 0.341 e. The smallest absolute Gasteiger partial charge is 0.341 e. The second kappa shape index (κ2) is 10.2. The number of nitrogens with zero attached hydrogens (tertiary/aromatic N) is 1. The number of para-hydroxylation sites is 1. The fourth-order valence-electron chi connectivity index (χ4n) is 4.08. The molecule has 4 aromatic rings. The zero-order valence-electron chi connectivity index (χ0n) is 21.0. The van der Waals surface area contributed by atoms with Gasteiger partial charge in [0.1, 0.15) is 21.9 Å². The SMILES string of the molecule is COc1ccc(-c2sc3c(c2CNC(C)(C)C)c(=O)c(C(=O)O)cn3Cc2ccccc2OC)cc1. The van der Waals surface area contributed by atoms with Gasteiger partial charge in [0, 0.05) is 28.7 Å². The van der Waals surface area contributed by atoms with Crippen molar-refractivity contribution in [3.8, 4) is 21.9 Å². The van der Waals surface area contributed by atoms with Gasteiger partial charge in [-0.25, -0.2) is 4.79 Å². The van der Waals surface area contributed by atoms with Gasteiger partial charge in [-0.15, -0.1) is 11.3 Å². The first kappa shape index (κ1) is 25.5. The van der Waals surface area contributed by atoms with E-state index in [0.29, 0.717) is 29.1 Å². The number of hydrogen-bond acceptors (Lipinski definition) is 6. The Hall–Kier alpha value is -3.62. The Labute approximate surface area is 213 Å². The number of nitrogens with one attached hydrogen (secondary N) is 1. The summed E-state index contributed by atoms with van der Waals surface area (Å²) in [6.45, 7) is 6.93. The number of aromatic nitrogens is 1. The summed E-state index contributed by atoms with van der Waals surface area (Å²) in [5.74, 6) is 0.184. The van der Waals surface area contributed by atoms with Crippen molar-refractivity contribution < 1.29 is 19.4 Å². The van der Waals surface area contributed by atoms with Crippen LogP contribution in [0, 0.1) is 0 Å². The van der Waals surface area contributed by atoms with Gasteiger partial charge in [0.15, 0.2) is 0 Å². The Kier molecular flexibility index (Phi) is 7.19. The van der Waals surface area contributed by atoms with E-state index >= 15 is 0 Å². The van der Waals surface area contributed by atoms with Crippen LogP contribution in [0.25, 0.3) is 20.7 Å². The molecule has 0 saturated heterocycles. The number of thiophene rings is 1. The molecule has 0 saturated carbocycles. The van der Waals surface area contributed by atoms with Gasteiger partial charge in [-0.3, -0.25) is 4.79 Å². The molecule has 4 rings (SSSR count). The summed E-state index contributed by atoms with van der Waals surface area (Å²) in [5.41, 5.74) is 1.67. The molecule has 0 fully saturated rings. The maximum absolute atomic E-state index is 13.5. The molecule has 36 heavy (non-hydrogen) atoms. The first-order valence-corrected chi connectivity index (χ1v) is 12.4. The van der Waals surface area contributed by atoms with Crippen LogP contribution in [-0.2, 0) is 13.1 Å². The molecule has 0 bridgehead atoms. The van der Waals surface area contributed by atoms with Crippen LogP contribution in [0.15, 0.2) is 59.5 Å². The lowest BCUT2D eigenvalue weighted by atomic mass is 10.0. The second-order valence-electron chi connectivity index (χ2n) is 9.54. The first-order valence-electron chi connectivity index (χ1n) is 11.6. The summed E-state index contributed by atoms with van der Waals surface area (Å²) in [4.78, 5) is 27.3. The van der Waals surface area contributed by atoms with Gasteiger partial charge in [-0.1, -0.05) is 18.2 Å². The van der Waals surface area contributed by atoms with Gasteiger partial charge < -0.3 is 24.5 Å². The van der Waals surface area contributed by atoms with Crippen LogP contribution < -0.4 is 20.2 Å². The highest BCUT2D eigenvalue weighted by Gasteiger charge is 2.24. The number of ether oxygens (including phenoxy) is 2. The Morgan fingerprint density at radius 2 is 1.75 bits per heavy atom. The van der Waals surface area contributed by atoms with Crippen LogP contribution in [0.3, 0.4) is 0 Å². The van der Waals surface area contributed by atoms with Crippen molar-refractivity contribution in [2.24, 2.45) is 0 Å². The van der Waals surface area contributed by atoms with Gasteiger partial charge >= 0.3 is 5.97 Å². The molecule has 0 aliphatic rings. The third-order valence-corrected chi connectivity index (χ3v) is 7.24. The minimum Gasteiger partial charge on any atom is -0.497 e. The highest BCUT2D eigenvalue weighted by Crippen LogP contribution is 2.39. The fraction of sp³-hybridized carbons (Fsp3) is 0.286. The largest absolute Gasteiger partial charge is 0.497 e. The van der Waals surface area contributed by atoms with E-state index in [1.54, 1.807) is 14.2 Å². The van der Waals surface area contributed by atoms with E-state index in [1.807, 2.05) is 53.1 Å². The Morgan fingerprint density at radius 3 is 2.36 bits per heavy atom. The number of carboxylic acid groups (broad SMARTS) is 1. The van der Waals surface area contributed by atoms with Gasteiger partial charge in [0.25, 0.3) is 0 Å². The molecule has 2 aromatic heterocycles. The van der Waals surface area contributed by atoms with E-state index in [4.69, 9.17) is 9.47 Å². The molecule has 0 spiro atoms. The highest BCUT2D eigenvalue weighted by molar-refractivity contribution is 7.22. The van der Waals surface area contributed by atoms with E-state index in [0.717, 1.165) is 27.3 Å². The third kappa shape index (κ3) is 5.15. The maximum atomic E-state index is 13.5. The Morgan fingerprint density at radius 1 is 1.06 bits per heavy atom. The minimum atomic E-state index is -1.25.